The maximum absolute atomic E-state index is 15.2. The second-order valence-electron chi connectivity index (χ2n) is 19.3. The van der Waals surface area contributed by atoms with Crippen LogP contribution in [0.3, 0.4) is 0 Å². The van der Waals surface area contributed by atoms with Gasteiger partial charge in [0.1, 0.15) is 36.5 Å². The van der Waals surface area contributed by atoms with Gasteiger partial charge in [0.05, 0.1) is 47.4 Å². The number of non-ortho nitro benzene ring substituents is 2. The van der Waals surface area contributed by atoms with Crippen molar-refractivity contribution in [3.05, 3.63) is 182 Å². The van der Waals surface area contributed by atoms with Crippen LogP contribution < -0.4 is 18.9 Å². The number of aliphatic hydroxyl groups is 2. The van der Waals surface area contributed by atoms with Crippen LogP contribution in [0, 0.1) is 38.0 Å². The molecule has 2 N–H and O–H groups in total. The average molecular weight is 1060 g/mol. The third-order valence-electron chi connectivity index (χ3n) is 14.4. The first-order valence-electron chi connectivity index (χ1n) is 25.9. The molecule has 2 aliphatic carbocycles. The Hall–Kier alpha value is -7.84. The van der Waals surface area contributed by atoms with Crippen molar-refractivity contribution in [1.82, 2.24) is 4.90 Å². The van der Waals surface area contributed by atoms with Gasteiger partial charge in [0.2, 0.25) is 12.6 Å². The van der Waals surface area contributed by atoms with Crippen LogP contribution in [0.25, 0.3) is 0 Å². The van der Waals surface area contributed by atoms with Gasteiger partial charge in [0, 0.05) is 55.9 Å². The van der Waals surface area contributed by atoms with Gasteiger partial charge in [-0.15, -0.1) is 6.58 Å². The molecule has 0 radical (unpaired) electrons. The van der Waals surface area contributed by atoms with Crippen LogP contribution >= 0.6 is 0 Å². The molecule has 4 aliphatic rings. The van der Waals surface area contributed by atoms with E-state index in [9.17, 15) is 30.4 Å². The lowest BCUT2D eigenvalue weighted by Crippen LogP contribution is -2.70. The Labute approximate surface area is 445 Å². The van der Waals surface area contributed by atoms with Crippen LogP contribution in [-0.2, 0) is 38.8 Å². The lowest BCUT2D eigenvalue weighted by atomic mass is 9.55. The fraction of sp³-hybridized carbons (Fsp3) is 0.379. The number of oxime groups is 1. The molecule has 1 amide bonds. The Morgan fingerprint density at radius 3 is 2.27 bits per heavy atom. The molecule has 0 unspecified atom stereocenters. The number of benzene rings is 5. The van der Waals surface area contributed by atoms with E-state index in [1.807, 2.05) is 48.5 Å². The topological polar surface area (TPSA) is 233 Å². The van der Waals surface area contributed by atoms with Crippen LogP contribution in [0.1, 0.15) is 73.1 Å². The molecule has 1 fully saturated rings. The summed E-state index contributed by atoms with van der Waals surface area (Å²) in [5.41, 5.74) is 4.08. The minimum absolute atomic E-state index is 0.00518. The maximum Gasteiger partial charge on any atom is 0.410 e. The number of aliphatic hydroxyl groups excluding tert-OH is 2. The zero-order valence-corrected chi connectivity index (χ0v) is 42.5. The summed E-state index contributed by atoms with van der Waals surface area (Å²) in [6.07, 6.45) is 6.99. The molecule has 19 heteroatoms. The molecule has 1 saturated carbocycles. The summed E-state index contributed by atoms with van der Waals surface area (Å²) >= 11 is 0. The van der Waals surface area contributed by atoms with Crippen molar-refractivity contribution in [2.24, 2.45) is 22.9 Å². The molecule has 6 atom stereocenters. The summed E-state index contributed by atoms with van der Waals surface area (Å²) in [6, 6.07) is 31.5. The number of hydrogen-bond donors (Lipinski definition) is 2. The van der Waals surface area contributed by atoms with Gasteiger partial charge in [0.15, 0.2) is 11.5 Å². The predicted octanol–water partition coefficient (Wildman–Crippen LogP) is 10.7. The number of nitrogens with zero attached hydrogens (tertiary/aromatic N) is 4. The van der Waals surface area contributed by atoms with E-state index in [4.69, 9.17) is 43.2 Å². The Bertz CT molecular complexity index is 2930. The smallest absolute Gasteiger partial charge is 0.410 e. The second kappa shape index (κ2) is 25.3. The van der Waals surface area contributed by atoms with Crippen molar-refractivity contribution >= 4 is 23.2 Å². The molecule has 2 aliphatic heterocycles. The number of amides is 1. The number of hydrogen-bond acceptors (Lipinski definition) is 16. The number of carbonyl (C=O) groups is 1. The Kier molecular flexibility index (Phi) is 17.8. The largest absolute Gasteiger partial charge is 0.459 e. The minimum Gasteiger partial charge on any atom is -0.459 e. The van der Waals surface area contributed by atoms with Gasteiger partial charge in [-0.25, -0.2) is 4.79 Å². The summed E-state index contributed by atoms with van der Waals surface area (Å²) in [6.45, 7) is 4.33. The highest BCUT2D eigenvalue weighted by Gasteiger charge is 2.66. The highest BCUT2D eigenvalue weighted by molar-refractivity contribution is 6.03. The SMILES string of the molecule is C=CCO[C@@]12Oc3ccc(Oc4cccc([N+](=O)[O-])c4)cc3[C@H]3[C@H](CCCCO)[C@@H](CCCCO)C=C(C(=NOCc4ccc([N+](=O)[O-])cc4)C[C@@H]1N(Cc1ccc4c(c1)OCO4)C(=O)OCCOCc1ccccc1)[C@H]32. The zero-order chi connectivity index (χ0) is 53.7. The molecular weight excluding hydrogens is 993 g/mol. The molecule has 2 heterocycles. The quantitative estimate of drug-likeness (QED) is 0.0227. The van der Waals surface area contributed by atoms with Crippen LogP contribution in [0.2, 0.25) is 0 Å². The van der Waals surface area contributed by atoms with Crippen LogP contribution in [-0.4, -0.2) is 88.4 Å². The van der Waals surface area contributed by atoms with E-state index in [1.54, 1.807) is 53.4 Å². The molecule has 0 bridgehead atoms. The number of unbranched alkanes of at least 4 members (excludes halogenated alkanes) is 2. The Morgan fingerprint density at radius 1 is 0.779 bits per heavy atom. The van der Waals surface area contributed by atoms with E-state index in [1.165, 1.54) is 24.3 Å². The predicted molar refractivity (Wildman–Crippen MR) is 282 cm³/mol. The molecule has 5 aromatic carbocycles. The van der Waals surface area contributed by atoms with Crippen molar-refractivity contribution in [2.45, 2.75) is 82.5 Å². The van der Waals surface area contributed by atoms with E-state index in [0.717, 1.165) is 16.7 Å². The van der Waals surface area contributed by atoms with E-state index in [-0.39, 0.29) is 88.4 Å². The number of allylic oxidation sites excluding steroid dienone is 1. The average Bonchev–Trinajstić information content (AvgIpc) is 4.01. The number of nitro benzene ring substituents is 2. The normalized spacial score (nSPS) is 21.2. The van der Waals surface area contributed by atoms with Crippen molar-refractivity contribution in [3.8, 4) is 28.7 Å². The number of fused-ring (bicyclic) bond motifs is 3. The number of rotatable bonds is 26. The summed E-state index contributed by atoms with van der Waals surface area (Å²) in [4.78, 5) is 45.4. The summed E-state index contributed by atoms with van der Waals surface area (Å²) < 4.78 is 44.5. The van der Waals surface area contributed by atoms with Gasteiger partial charge in [0.25, 0.3) is 11.4 Å². The third kappa shape index (κ3) is 12.6. The van der Waals surface area contributed by atoms with Crippen LogP contribution in [0.5, 0.6) is 28.7 Å². The monoisotopic (exact) mass is 1050 g/mol. The third-order valence-corrected chi connectivity index (χ3v) is 14.4. The maximum atomic E-state index is 15.2. The highest BCUT2D eigenvalue weighted by atomic mass is 16.7. The van der Waals surface area contributed by atoms with Crippen LogP contribution in [0.15, 0.2) is 145 Å². The first-order valence-corrected chi connectivity index (χ1v) is 25.9. The fourth-order valence-corrected chi connectivity index (χ4v) is 11.0. The minimum atomic E-state index is -1.68. The molecule has 9 rings (SSSR count). The van der Waals surface area contributed by atoms with Gasteiger partial charge >= 0.3 is 6.09 Å². The van der Waals surface area contributed by atoms with Crippen molar-refractivity contribution < 1.29 is 62.8 Å². The fourth-order valence-electron chi connectivity index (χ4n) is 11.0. The van der Waals surface area contributed by atoms with Gasteiger partial charge in [-0.1, -0.05) is 72.6 Å². The van der Waals surface area contributed by atoms with Crippen molar-refractivity contribution in [1.29, 1.82) is 0 Å². The lowest BCUT2D eigenvalue weighted by Gasteiger charge is -2.59. The molecule has 0 spiro atoms. The molecule has 19 nitrogen and oxygen atoms in total. The standard InChI is InChI=1S/C58H62N4O15/c1-2-27-74-58-54(60(35-41-19-23-52-53(30-41)73-38-72-52)57(65)71-29-28-70-36-39-11-4-3-5-12-39)34-50(59-75-37-40-17-20-43(21-18-40)61(66)67)48-31-42(13-6-8-25-63)47(16-7-9-26-64)55(56(48)58)49-33-46(22-24-51(49)77-58)76-45-15-10-14-44(32-45)62(68)69/h2-5,10-12,14-15,17-24,30-33,42,47,54-56,63-64H,1,6-9,13,16,25-29,34-38H2/t42-,47+,54-,55+,56+,58+/m0/s1. The molecule has 77 heavy (non-hydrogen) atoms. The second-order valence-corrected chi connectivity index (χ2v) is 19.3. The molecular formula is C58H62N4O15. The summed E-state index contributed by atoms with van der Waals surface area (Å²) in [7, 11) is 0. The zero-order valence-electron chi connectivity index (χ0n) is 42.5. The van der Waals surface area contributed by atoms with Crippen LogP contribution in [0.4, 0.5) is 16.2 Å². The van der Waals surface area contributed by atoms with E-state index < -0.39 is 39.6 Å². The van der Waals surface area contributed by atoms with Crippen molar-refractivity contribution in [2.75, 3.05) is 39.8 Å². The number of ether oxygens (including phenoxy) is 7. The lowest BCUT2D eigenvalue weighted by molar-refractivity contribution is -0.385. The Morgan fingerprint density at radius 2 is 1.51 bits per heavy atom. The van der Waals surface area contributed by atoms with Gasteiger partial charge in [-0.3, -0.25) is 25.1 Å². The molecule has 5 aromatic rings. The van der Waals surface area contributed by atoms with E-state index in [2.05, 4.69) is 12.7 Å². The van der Waals surface area contributed by atoms with Gasteiger partial charge in [-0.2, -0.15) is 0 Å². The first kappa shape index (κ1) is 54.0. The van der Waals surface area contributed by atoms with Gasteiger partial charge in [-0.05, 0) is 108 Å². The van der Waals surface area contributed by atoms with Gasteiger partial charge < -0.3 is 48.2 Å². The number of nitro groups is 2. The van der Waals surface area contributed by atoms with Crippen molar-refractivity contribution in [3.63, 3.8) is 0 Å². The number of carbonyl (C=O) groups excluding carboxylic acids is 1. The first-order chi connectivity index (χ1) is 37.6. The summed E-state index contributed by atoms with van der Waals surface area (Å²) in [5, 5.41) is 48.4. The molecule has 0 aromatic heterocycles. The van der Waals surface area contributed by atoms with E-state index >= 15 is 4.79 Å². The summed E-state index contributed by atoms with van der Waals surface area (Å²) in [5.74, 6) is -0.938. The molecule has 0 saturated heterocycles. The highest BCUT2D eigenvalue weighted by Crippen LogP contribution is 2.62. The Balaban J connectivity index is 1.20. The molecule has 404 valence electrons. The van der Waals surface area contributed by atoms with E-state index in [0.29, 0.717) is 85.0 Å².